The number of phosphoric ester groups is 1. The third kappa shape index (κ3) is 10.4. The van der Waals surface area contributed by atoms with Crippen LogP contribution in [0.15, 0.2) is 72.3 Å². The van der Waals surface area contributed by atoms with E-state index in [9.17, 15) is 24.1 Å². The number of hydrogen-bond acceptors (Lipinski definition) is 11. The van der Waals surface area contributed by atoms with E-state index in [2.05, 4.69) is 33.5 Å². The Morgan fingerprint density at radius 1 is 0.970 bits per heavy atom. The average molecular weight is 1020 g/mol. The number of hydrogen-bond donors (Lipinski definition) is 3. The van der Waals surface area contributed by atoms with Gasteiger partial charge >= 0.3 is 7.82 Å². The van der Waals surface area contributed by atoms with Crippen LogP contribution in [0.1, 0.15) is 123 Å². The number of ether oxygens (including phenoxy) is 2. The first-order valence-electron chi connectivity index (χ1n) is 23.1. The lowest BCUT2D eigenvalue weighted by molar-refractivity contribution is -0.201. The Labute approximate surface area is 400 Å². The van der Waals surface area contributed by atoms with Gasteiger partial charge in [0.1, 0.15) is 6.61 Å². The molecule has 67 heavy (non-hydrogen) atoms. The maximum atomic E-state index is 16.2. The van der Waals surface area contributed by atoms with E-state index < -0.39 is 72.3 Å². The van der Waals surface area contributed by atoms with E-state index in [1.807, 2.05) is 13.0 Å². The Hall–Kier alpha value is -3.47. The molecule has 0 bridgehead atoms. The number of carbonyl (C=O) groups excluding carboxylic acids is 4. The number of allylic oxidation sites excluding steroid dienone is 4. The molecule has 4 fully saturated rings. The van der Waals surface area contributed by atoms with Gasteiger partial charge in [-0.05, 0) is 116 Å². The van der Waals surface area contributed by atoms with Crippen molar-refractivity contribution < 1.29 is 60.7 Å². The summed E-state index contributed by atoms with van der Waals surface area (Å²) in [5, 5.41) is 17.9. The molecule has 2 amide bonds. The molecule has 9 atom stereocenters. The monoisotopic (exact) mass is 1020 g/mol. The molecule has 13 nitrogen and oxygen atoms in total. The van der Waals surface area contributed by atoms with Crippen molar-refractivity contribution in [2.24, 2.45) is 28.6 Å². The standard InChI is InChI=1S/C50H64BrF2N2O11P/c1-45(2,3)65-67(61,66-46(4,5)6)62-29-39(58)49-40(26-37-36-20-19-32-25-35(56)21-22-47(32,7)43(36)38(57)27-48(37,49)8)63-44(64-49)30-15-17-31(18-16-30)50(52,53)33-12-11-13-34(24-33)55-41(59)14-9-10-23-54-42(60)28-51/h11-13,15-18,21-22,24-25,36-38,40,43-44,57H,9-10,14,19-20,23,26-29H2,1-8H3,(H,54,60)(H,55,59)/t36-,37-,38-,40+,43+,44+,47-,48-,49+/m0/s1. The third-order valence-corrected chi connectivity index (χ3v) is 16.6. The van der Waals surface area contributed by atoms with Crippen LogP contribution in [0.25, 0.3) is 0 Å². The second-order valence-corrected chi connectivity index (χ2v) is 23.2. The van der Waals surface area contributed by atoms with Crippen molar-refractivity contribution in [1.29, 1.82) is 0 Å². The van der Waals surface area contributed by atoms with Gasteiger partial charge in [0.15, 0.2) is 23.5 Å². The number of nitrogens with one attached hydrogen (secondary N) is 2. The molecule has 0 unspecified atom stereocenters. The molecule has 2 aromatic carbocycles. The number of aliphatic hydroxyl groups excluding tert-OH is 1. The van der Waals surface area contributed by atoms with Crippen LogP contribution >= 0.6 is 23.8 Å². The molecule has 0 spiro atoms. The lowest BCUT2D eigenvalue weighted by Crippen LogP contribution is -2.63. The summed E-state index contributed by atoms with van der Waals surface area (Å²) in [6.07, 6.45) is 5.23. The van der Waals surface area contributed by atoms with Crippen LogP contribution in [0, 0.1) is 28.6 Å². The van der Waals surface area contributed by atoms with Crippen molar-refractivity contribution in [2.75, 3.05) is 23.8 Å². The number of rotatable bonds is 16. The lowest BCUT2D eigenvalue weighted by atomic mass is 9.46. The van der Waals surface area contributed by atoms with Crippen LogP contribution in [0.3, 0.4) is 0 Å². The minimum Gasteiger partial charge on any atom is -0.393 e. The van der Waals surface area contributed by atoms with Gasteiger partial charge < -0.3 is 25.2 Å². The number of unbranched alkanes of at least 4 members (excludes halogenated alkanes) is 1. The topological polar surface area (TPSA) is 176 Å². The Morgan fingerprint density at radius 2 is 1.66 bits per heavy atom. The second kappa shape index (κ2) is 19.0. The normalized spacial score (nSPS) is 30.4. The minimum absolute atomic E-state index is 0.0813. The molecule has 1 heterocycles. The highest BCUT2D eigenvalue weighted by molar-refractivity contribution is 9.09. The maximum Gasteiger partial charge on any atom is 0.476 e. The first-order chi connectivity index (χ1) is 31.2. The van der Waals surface area contributed by atoms with Crippen molar-refractivity contribution in [3.63, 3.8) is 0 Å². The molecule has 2 aromatic rings. The molecule has 7 rings (SSSR count). The van der Waals surface area contributed by atoms with Gasteiger partial charge in [-0.1, -0.05) is 77.8 Å². The average Bonchev–Trinajstić information content (AvgIpc) is 3.74. The summed E-state index contributed by atoms with van der Waals surface area (Å²) >= 11 is 3.08. The van der Waals surface area contributed by atoms with E-state index in [1.54, 1.807) is 53.7 Å². The van der Waals surface area contributed by atoms with Gasteiger partial charge in [-0.25, -0.2) is 4.57 Å². The fourth-order valence-corrected chi connectivity index (χ4v) is 13.4. The Balaban J connectivity index is 1.14. The predicted molar refractivity (Wildman–Crippen MR) is 250 cm³/mol. The molecule has 17 heteroatoms. The smallest absolute Gasteiger partial charge is 0.393 e. The first kappa shape index (κ1) is 51.4. The van der Waals surface area contributed by atoms with Gasteiger partial charge in [0, 0.05) is 52.1 Å². The summed E-state index contributed by atoms with van der Waals surface area (Å²) < 4.78 is 77.9. The highest BCUT2D eigenvalue weighted by atomic mass is 79.9. The van der Waals surface area contributed by atoms with E-state index >= 15 is 13.6 Å². The van der Waals surface area contributed by atoms with Crippen molar-refractivity contribution in [1.82, 2.24) is 5.32 Å². The van der Waals surface area contributed by atoms with Crippen LogP contribution < -0.4 is 10.6 Å². The number of ketones is 2. The molecule has 3 N–H and O–H groups in total. The number of anilines is 1. The summed E-state index contributed by atoms with van der Waals surface area (Å²) in [7, 11) is -4.38. The summed E-state index contributed by atoms with van der Waals surface area (Å²) in [6.45, 7) is 13.8. The summed E-state index contributed by atoms with van der Waals surface area (Å²) in [6, 6.07) is 11.0. The number of carbonyl (C=O) groups is 4. The SMILES string of the molecule is CC(C)(C)OP(=O)(OCC(=O)[C@@]12O[C@H](c3ccc(C(F)(F)c4cccc(NC(=O)CCCCNC(=O)CBr)c4)cc3)O[C@@H]1C[C@H]1[C@@H]3CCC4=CC(=O)C=C[C@]4(C)[C@H]3[C@@H](O)C[C@@]12C)OC(C)(C)C. The lowest BCUT2D eigenvalue weighted by Gasteiger charge is -2.59. The van der Waals surface area contributed by atoms with E-state index in [1.165, 1.54) is 48.5 Å². The third-order valence-electron chi connectivity index (χ3n) is 14.1. The van der Waals surface area contributed by atoms with Crippen LogP contribution in [0.2, 0.25) is 0 Å². The number of aliphatic hydroxyl groups is 1. The van der Waals surface area contributed by atoms with E-state index in [0.717, 1.165) is 5.57 Å². The highest BCUT2D eigenvalue weighted by Gasteiger charge is 2.76. The number of fused-ring (bicyclic) bond motifs is 7. The van der Waals surface area contributed by atoms with Crippen LogP contribution in [-0.2, 0) is 52.7 Å². The van der Waals surface area contributed by atoms with Gasteiger partial charge in [-0.2, -0.15) is 8.78 Å². The van der Waals surface area contributed by atoms with Gasteiger partial charge in [0.05, 0.1) is 28.7 Å². The Kier molecular flexibility index (Phi) is 14.6. The van der Waals surface area contributed by atoms with E-state index in [0.29, 0.717) is 44.2 Å². The fourth-order valence-electron chi connectivity index (χ4n) is 11.4. The molecule has 0 radical (unpaired) electrons. The fraction of sp³-hybridized carbons (Fsp3) is 0.600. The van der Waals surface area contributed by atoms with E-state index in [4.69, 9.17) is 23.0 Å². The second-order valence-electron chi connectivity index (χ2n) is 21.1. The number of Topliss-reactive ketones (excluding diaryl/α,β-unsaturated/α-hetero) is 1. The summed E-state index contributed by atoms with van der Waals surface area (Å²) in [5.74, 6) is -5.16. The largest absolute Gasteiger partial charge is 0.476 e. The molecule has 4 aliphatic carbocycles. The first-order valence-corrected chi connectivity index (χ1v) is 25.7. The van der Waals surface area contributed by atoms with Gasteiger partial charge in [0.2, 0.25) is 11.8 Å². The van der Waals surface area contributed by atoms with Crippen molar-refractivity contribution in [2.45, 2.75) is 142 Å². The molecular formula is C50H64BrF2N2O11P. The summed E-state index contributed by atoms with van der Waals surface area (Å²) in [4.78, 5) is 51.7. The van der Waals surface area contributed by atoms with Crippen molar-refractivity contribution >= 4 is 52.8 Å². The van der Waals surface area contributed by atoms with Crippen LogP contribution in [0.4, 0.5) is 14.5 Å². The maximum absolute atomic E-state index is 16.2. The van der Waals surface area contributed by atoms with Crippen molar-refractivity contribution in [3.8, 4) is 0 Å². The molecule has 0 aromatic heterocycles. The van der Waals surface area contributed by atoms with Gasteiger partial charge in [0.25, 0.3) is 5.92 Å². The number of phosphoric acid groups is 1. The number of amides is 2. The quantitative estimate of drug-likeness (QED) is 0.0829. The molecule has 366 valence electrons. The molecule has 3 saturated carbocycles. The van der Waals surface area contributed by atoms with Crippen molar-refractivity contribution in [3.05, 3.63) is 89.0 Å². The highest BCUT2D eigenvalue weighted by Crippen LogP contribution is 2.71. The number of alkyl halides is 3. The van der Waals surface area contributed by atoms with Crippen LogP contribution in [-0.4, -0.2) is 76.0 Å². The summed E-state index contributed by atoms with van der Waals surface area (Å²) in [5.41, 5.74) is -4.42. The number of benzene rings is 2. The number of halogens is 3. The molecule has 1 aliphatic heterocycles. The Morgan fingerprint density at radius 3 is 2.31 bits per heavy atom. The zero-order valence-electron chi connectivity index (χ0n) is 39.5. The van der Waals surface area contributed by atoms with Gasteiger partial charge in [-0.15, -0.1) is 0 Å². The minimum atomic E-state index is -4.38. The molecule has 1 saturated heterocycles. The Bertz CT molecular complexity index is 2330. The van der Waals surface area contributed by atoms with Crippen LogP contribution in [0.5, 0.6) is 0 Å². The van der Waals surface area contributed by atoms with E-state index in [-0.39, 0.29) is 70.3 Å². The molecular weight excluding hydrogens is 953 g/mol. The zero-order valence-corrected chi connectivity index (χ0v) is 42.0. The zero-order chi connectivity index (χ0) is 49.0. The van der Waals surface area contributed by atoms with Gasteiger partial charge in [-0.3, -0.25) is 32.7 Å². The predicted octanol–water partition coefficient (Wildman–Crippen LogP) is 9.81. The molecule has 5 aliphatic rings.